The molecule has 0 aromatic carbocycles. The van der Waals surface area contributed by atoms with Crippen molar-refractivity contribution in [3.05, 3.63) is 0 Å². The summed E-state index contributed by atoms with van der Waals surface area (Å²) < 4.78 is 10.4. The van der Waals surface area contributed by atoms with Crippen molar-refractivity contribution >= 4 is 5.97 Å². The molecular formula is C15H28N2O3. The van der Waals surface area contributed by atoms with Gasteiger partial charge in [-0.25, -0.2) is 0 Å². The maximum atomic E-state index is 12.0. The predicted octanol–water partition coefficient (Wildman–Crippen LogP) is 1.17. The molecule has 0 radical (unpaired) electrons. The molecule has 0 bridgehead atoms. The van der Waals surface area contributed by atoms with E-state index in [1.165, 1.54) is 20.0 Å². The molecule has 2 unspecified atom stereocenters. The second kappa shape index (κ2) is 6.87. The van der Waals surface area contributed by atoms with Crippen molar-refractivity contribution in [1.82, 2.24) is 10.2 Å². The lowest BCUT2D eigenvalue weighted by atomic mass is 9.95. The number of hydrogen-bond acceptors (Lipinski definition) is 5. The smallest absolute Gasteiger partial charge is 0.325 e. The molecule has 0 aromatic heterocycles. The van der Waals surface area contributed by atoms with Crippen LogP contribution >= 0.6 is 0 Å². The van der Waals surface area contributed by atoms with Gasteiger partial charge in [0, 0.05) is 18.6 Å². The van der Waals surface area contributed by atoms with E-state index in [9.17, 15) is 4.79 Å². The molecule has 0 amide bonds. The Bertz CT molecular complexity index is 333. The molecule has 2 rings (SSSR count). The van der Waals surface area contributed by atoms with Gasteiger partial charge in [0.2, 0.25) is 0 Å². The first-order valence-electron chi connectivity index (χ1n) is 7.73. The second-order valence-electron chi connectivity index (χ2n) is 6.31. The molecule has 1 N–H and O–H groups in total. The summed E-state index contributed by atoms with van der Waals surface area (Å²) in [6.45, 7) is 7.81. The molecule has 1 saturated carbocycles. The van der Waals surface area contributed by atoms with Crippen LogP contribution < -0.4 is 5.32 Å². The molecule has 2 aliphatic rings. The summed E-state index contributed by atoms with van der Waals surface area (Å²) in [6.07, 6.45) is 4.16. The number of esters is 1. The first kappa shape index (κ1) is 15.7. The fraction of sp³-hybridized carbons (Fsp3) is 0.933. The Labute approximate surface area is 122 Å². The standard InChI is InChI=1S/C15H28N2O3/c1-12-11-20-10-9-17(12)8-4-7-15(2,14(18)19-3)16-13-5-6-13/h12-13,16H,4-11H2,1-3H3. The summed E-state index contributed by atoms with van der Waals surface area (Å²) >= 11 is 0. The summed E-state index contributed by atoms with van der Waals surface area (Å²) in [7, 11) is 1.47. The van der Waals surface area contributed by atoms with Crippen LogP contribution in [0.2, 0.25) is 0 Å². The van der Waals surface area contributed by atoms with Crippen LogP contribution in [0.5, 0.6) is 0 Å². The number of carbonyl (C=O) groups is 1. The molecule has 116 valence electrons. The predicted molar refractivity (Wildman–Crippen MR) is 77.7 cm³/mol. The molecule has 0 spiro atoms. The number of morpholine rings is 1. The molecular weight excluding hydrogens is 256 g/mol. The fourth-order valence-electron chi connectivity index (χ4n) is 2.87. The van der Waals surface area contributed by atoms with Crippen molar-refractivity contribution < 1.29 is 14.3 Å². The topological polar surface area (TPSA) is 50.8 Å². The zero-order valence-electron chi connectivity index (χ0n) is 13.0. The van der Waals surface area contributed by atoms with Gasteiger partial charge < -0.3 is 9.47 Å². The third-order valence-electron chi connectivity index (χ3n) is 4.36. The SMILES string of the molecule is COC(=O)C(C)(CCCN1CCOCC1C)NC1CC1. The quantitative estimate of drug-likeness (QED) is 0.711. The normalized spacial score (nSPS) is 27.1. The molecule has 1 aliphatic heterocycles. The van der Waals surface area contributed by atoms with Gasteiger partial charge in [0.05, 0.1) is 20.3 Å². The van der Waals surface area contributed by atoms with Gasteiger partial charge >= 0.3 is 5.97 Å². The van der Waals surface area contributed by atoms with Gasteiger partial charge in [0.1, 0.15) is 5.54 Å². The first-order chi connectivity index (χ1) is 9.55. The second-order valence-corrected chi connectivity index (χ2v) is 6.31. The third-order valence-corrected chi connectivity index (χ3v) is 4.36. The van der Waals surface area contributed by atoms with Crippen molar-refractivity contribution in [1.29, 1.82) is 0 Å². The molecule has 1 saturated heterocycles. The lowest BCUT2D eigenvalue weighted by Gasteiger charge is -2.34. The maximum absolute atomic E-state index is 12.0. The van der Waals surface area contributed by atoms with Crippen LogP contribution in [0.1, 0.15) is 39.5 Å². The number of carbonyl (C=O) groups excluding carboxylic acids is 1. The van der Waals surface area contributed by atoms with Gasteiger partial charge in [-0.05, 0) is 46.1 Å². The number of ether oxygens (including phenoxy) is 2. The minimum atomic E-state index is -0.536. The molecule has 1 heterocycles. The summed E-state index contributed by atoms with van der Waals surface area (Å²) in [6, 6.07) is 0.978. The number of hydrogen-bond donors (Lipinski definition) is 1. The van der Waals surface area contributed by atoms with Crippen molar-refractivity contribution in [3.8, 4) is 0 Å². The van der Waals surface area contributed by atoms with E-state index in [1.807, 2.05) is 6.92 Å². The van der Waals surface area contributed by atoms with Crippen LogP contribution in [0.3, 0.4) is 0 Å². The molecule has 20 heavy (non-hydrogen) atoms. The summed E-state index contributed by atoms with van der Waals surface area (Å²) in [5, 5.41) is 3.45. The summed E-state index contributed by atoms with van der Waals surface area (Å²) in [4.78, 5) is 14.5. The Morgan fingerprint density at radius 1 is 1.50 bits per heavy atom. The van der Waals surface area contributed by atoms with E-state index in [2.05, 4.69) is 17.1 Å². The molecule has 2 atom stereocenters. The Morgan fingerprint density at radius 3 is 2.85 bits per heavy atom. The van der Waals surface area contributed by atoms with Crippen LogP contribution in [0.15, 0.2) is 0 Å². The van der Waals surface area contributed by atoms with E-state index >= 15 is 0 Å². The van der Waals surface area contributed by atoms with E-state index in [4.69, 9.17) is 9.47 Å². The van der Waals surface area contributed by atoms with Crippen LogP contribution in [0.25, 0.3) is 0 Å². The Balaban J connectivity index is 1.80. The maximum Gasteiger partial charge on any atom is 0.325 e. The van der Waals surface area contributed by atoms with Crippen molar-refractivity contribution in [2.45, 2.75) is 57.2 Å². The van der Waals surface area contributed by atoms with Crippen molar-refractivity contribution in [2.75, 3.05) is 33.4 Å². The van der Waals surface area contributed by atoms with Gasteiger partial charge in [-0.1, -0.05) is 0 Å². The zero-order chi connectivity index (χ0) is 14.6. The minimum Gasteiger partial charge on any atom is -0.468 e. The highest BCUT2D eigenvalue weighted by Crippen LogP contribution is 2.26. The Hall–Kier alpha value is -0.650. The number of nitrogens with zero attached hydrogens (tertiary/aromatic N) is 1. The van der Waals surface area contributed by atoms with E-state index in [0.29, 0.717) is 12.1 Å². The lowest BCUT2D eigenvalue weighted by Crippen LogP contribution is -2.52. The van der Waals surface area contributed by atoms with Gasteiger partial charge in [0.25, 0.3) is 0 Å². The first-order valence-corrected chi connectivity index (χ1v) is 7.73. The molecule has 2 fully saturated rings. The van der Waals surface area contributed by atoms with Gasteiger partial charge in [0.15, 0.2) is 0 Å². The van der Waals surface area contributed by atoms with Gasteiger partial charge in [-0.3, -0.25) is 15.0 Å². The molecule has 0 aromatic rings. The monoisotopic (exact) mass is 284 g/mol. The average molecular weight is 284 g/mol. The van der Waals surface area contributed by atoms with Crippen molar-refractivity contribution in [2.24, 2.45) is 0 Å². The lowest BCUT2D eigenvalue weighted by molar-refractivity contribution is -0.148. The molecule has 1 aliphatic carbocycles. The van der Waals surface area contributed by atoms with Crippen LogP contribution in [0.4, 0.5) is 0 Å². The highest BCUT2D eigenvalue weighted by atomic mass is 16.5. The highest BCUT2D eigenvalue weighted by Gasteiger charge is 2.39. The fourth-order valence-corrected chi connectivity index (χ4v) is 2.87. The van der Waals surface area contributed by atoms with Crippen molar-refractivity contribution in [3.63, 3.8) is 0 Å². The van der Waals surface area contributed by atoms with E-state index in [-0.39, 0.29) is 5.97 Å². The zero-order valence-corrected chi connectivity index (χ0v) is 13.0. The van der Waals surface area contributed by atoms with E-state index < -0.39 is 5.54 Å². The van der Waals surface area contributed by atoms with Crippen LogP contribution in [-0.2, 0) is 14.3 Å². The Kier molecular flexibility index (Phi) is 5.41. The Morgan fingerprint density at radius 2 is 2.25 bits per heavy atom. The largest absolute Gasteiger partial charge is 0.468 e. The number of methoxy groups -OCH3 is 1. The third kappa shape index (κ3) is 4.17. The molecule has 5 nitrogen and oxygen atoms in total. The summed E-state index contributed by atoms with van der Waals surface area (Å²) in [5.74, 6) is -0.139. The number of rotatable bonds is 7. The number of nitrogens with one attached hydrogen (secondary N) is 1. The van der Waals surface area contributed by atoms with Gasteiger partial charge in [-0.2, -0.15) is 0 Å². The van der Waals surface area contributed by atoms with Crippen LogP contribution in [0, 0.1) is 0 Å². The summed E-state index contributed by atoms with van der Waals surface area (Å²) in [5.41, 5.74) is -0.536. The average Bonchev–Trinajstić information content (AvgIpc) is 3.23. The van der Waals surface area contributed by atoms with E-state index in [0.717, 1.165) is 39.1 Å². The van der Waals surface area contributed by atoms with Gasteiger partial charge in [-0.15, -0.1) is 0 Å². The van der Waals surface area contributed by atoms with E-state index in [1.54, 1.807) is 0 Å². The molecule has 5 heteroatoms. The van der Waals surface area contributed by atoms with Crippen LogP contribution in [-0.4, -0.2) is 61.9 Å². The minimum absolute atomic E-state index is 0.139. The highest BCUT2D eigenvalue weighted by molar-refractivity contribution is 5.80.